The lowest BCUT2D eigenvalue weighted by atomic mass is 9.91. The van der Waals surface area contributed by atoms with Gasteiger partial charge in [0.25, 0.3) is 5.56 Å². The van der Waals surface area contributed by atoms with E-state index in [1.165, 1.54) is 16.9 Å². The van der Waals surface area contributed by atoms with Gasteiger partial charge in [-0.1, -0.05) is 103 Å². The molecule has 0 fully saturated rings. The second-order valence-corrected chi connectivity index (χ2v) is 13.3. The maximum Gasteiger partial charge on any atom is 0.338 e. The number of nitrogens with zero attached hydrogens (tertiary/aromatic N) is 3. The van der Waals surface area contributed by atoms with Crippen LogP contribution in [0.2, 0.25) is 10.0 Å². The first-order chi connectivity index (χ1) is 22.1. The number of rotatable bonds is 7. The number of benzene rings is 3. The van der Waals surface area contributed by atoms with Crippen LogP contribution in [0.25, 0.3) is 17.5 Å². The van der Waals surface area contributed by atoms with Gasteiger partial charge >= 0.3 is 5.97 Å². The van der Waals surface area contributed by atoms with E-state index in [1.807, 2.05) is 80.6 Å². The lowest BCUT2D eigenvalue weighted by Crippen LogP contribution is -2.40. The number of aryl methyl sites for hydroxylation is 1. The van der Waals surface area contributed by atoms with Gasteiger partial charge in [-0.25, -0.2) is 9.79 Å². The van der Waals surface area contributed by atoms with E-state index in [0.29, 0.717) is 36.6 Å². The molecule has 6 rings (SSSR count). The number of esters is 1. The Bertz CT molecular complexity index is 2180. The van der Waals surface area contributed by atoms with E-state index in [4.69, 9.17) is 32.9 Å². The van der Waals surface area contributed by atoms with E-state index < -0.39 is 12.0 Å². The van der Waals surface area contributed by atoms with Crippen LogP contribution < -0.4 is 14.9 Å². The van der Waals surface area contributed by atoms with Crippen molar-refractivity contribution in [3.05, 3.63) is 148 Å². The highest BCUT2D eigenvalue weighted by molar-refractivity contribution is 7.07. The zero-order chi connectivity index (χ0) is 32.7. The number of ether oxygens (including phenoxy) is 1. The first kappa shape index (κ1) is 31.8. The lowest BCUT2D eigenvalue weighted by Gasteiger charge is -2.26. The van der Waals surface area contributed by atoms with Crippen LogP contribution in [0.3, 0.4) is 0 Å². The van der Waals surface area contributed by atoms with Crippen molar-refractivity contribution in [3.63, 3.8) is 0 Å². The Morgan fingerprint density at radius 3 is 2.37 bits per heavy atom. The van der Waals surface area contributed by atoms with Crippen LogP contribution in [0, 0.1) is 13.8 Å². The van der Waals surface area contributed by atoms with Gasteiger partial charge in [0.05, 0.1) is 38.5 Å². The zero-order valence-corrected chi connectivity index (χ0v) is 28.5. The molecule has 6 nitrogen and oxygen atoms in total. The van der Waals surface area contributed by atoms with Gasteiger partial charge in [0.1, 0.15) is 0 Å². The van der Waals surface area contributed by atoms with Gasteiger partial charge in [-0.05, 0) is 73.7 Å². The van der Waals surface area contributed by atoms with Crippen LogP contribution in [0.5, 0.6) is 0 Å². The molecule has 0 bridgehead atoms. The molecule has 234 valence electrons. The van der Waals surface area contributed by atoms with Crippen molar-refractivity contribution < 1.29 is 9.53 Å². The Labute approximate surface area is 281 Å². The molecule has 0 saturated heterocycles. The third-order valence-electron chi connectivity index (χ3n) is 8.21. The molecule has 46 heavy (non-hydrogen) atoms. The van der Waals surface area contributed by atoms with E-state index in [0.717, 1.165) is 33.8 Å². The third kappa shape index (κ3) is 5.79. The Morgan fingerprint density at radius 1 is 1.00 bits per heavy atom. The fourth-order valence-electron chi connectivity index (χ4n) is 5.92. The summed E-state index contributed by atoms with van der Waals surface area (Å²) < 4.78 is 9.82. The number of carbonyl (C=O) groups is 1. The van der Waals surface area contributed by atoms with E-state index in [2.05, 4.69) is 30.5 Å². The number of fused-ring (bicyclic) bond motifs is 1. The summed E-state index contributed by atoms with van der Waals surface area (Å²) in [6, 6.07) is 24.5. The van der Waals surface area contributed by atoms with Gasteiger partial charge in [0, 0.05) is 22.6 Å². The number of aromatic nitrogens is 2. The lowest BCUT2D eigenvalue weighted by molar-refractivity contribution is -0.138. The second kappa shape index (κ2) is 12.9. The quantitative estimate of drug-likeness (QED) is 0.166. The third-order valence-corrected chi connectivity index (χ3v) is 9.93. The molecule has 0 spiro atoms. The Morgan fingerprint density at radius 2 is 1.72 bits per heavy atom. The van der Waals surface area contributed by atoms with Crippen LogP contribution in [0.1, 0.15) is 66.4 Å². The Balaban J connectivity index is 1.59. The molecule has 2 aromatic heterocycles. The van der Waals surface area contributed by atoms with Gasteiger partial charge < -0.3 is 9.30 Å². The molecule has 3 heterocycles. The zero-order valence-electron chi connectivity index (χ0n) is 26.2. The number of hydrogen-bond acceptors (Lipinski definition) is 5. The van der Waals surface area contributed by atoms with Gasteiger partial charge in [0.15, 0.2) is 4.80 Å². The first-order valence-corrected chi connectivity index (χ1v) is 16.7. The highest BCUT2D eigenvalue weighted by Gasteiger charge is 2.35. The molecular formula is C37H33Cl2N3O3S. The smallest absolute Gasteiger partial charge is 0.338 e. The van der Waals surface area contributed by atoms with Crippen LogP contribution in [-0.4, -0.2) is 21.7 Å². The van der Waals surface area contributed by atoms with Crippen molar-refractivity contribution in [3.8, 4) is 5.69 Å². The van der Waals surface area contributed by atoms with Crippen molar-refractivity contribution in [2.24, 2.45) is 4.99 Å². The molecule has 0 aliphatic carbocycles. The van der Waals surface area contributed by atoms with E-state index in [1.54, 1.807) is 17.6 Å². The monoisotopic (exact) mass is 669 g/mol. The molecular weight excluding hydrogens is 637 g/mol. The van der Waals surface area contributed by atoms with Crippen molar-refractivity contribution in [1.29, 1.82) is 0 Å². The van der Waals surface area contributed by atoms with Crippen molar-refractivity contribution >= 4 is 52.3 Å². The van der Waals surface area contributed by atoms with Crippen molar-refractivity contribution in [1.82, 2.24) is 9.13 Å². The average molecular weight is 671 g/mol. The summed E-state index contributed by atoms with van der Waals surface area (Å²) in [6.45, 7) is 10.2. The Kier molecular flexibility index (Phi) is 8.92. The fraction of sp³-hybridized carbons (Fsp3) is 0.216. The van der Waals surface area contributed by atoms with E-state index >= 15 is 0 Å². The SMILES string of the molecule is CCOC(=O)C1=C(c2ccccc2)N=c2s/c(=C\c3cc(C)n(-c4ccc(Cl)c(Cl)c4)c3C)c(=O)n2[C@H]1c1ccc(C(C)C)cc1. The number of halogens is 2. The molecule has 0 unspecified atom stereocenters. The van der Waals surface area contributed by atoms with Gasteiger partial charge in [-0.3, -0.25) is 9.36 Å². The molecule has 0 amide bonds. The number of carbonyl (C=O) groups excluding carboxylic acids is 1. The summed E-state index contributed by atoms with van der Waals surface area (Å²) in [5.41, 5.74) is 7.05. The maximum atomic E-state index is 14.4. The molecule has 1 atom stereocenters. The minimum Gasteiger partial charge on any atom is -0.463 e. The minimum atomic E-state index is -0.725. The Hall–Kier alpha value is -4.17. The summed E-state index contributed by atoms with van der Waals surface area (Å²) in [7, 11) is 0. The van der Waals surface area contributed by atoms with Crippen LogP contribution in [0.15, 0.2) is 94.2 Å². The topological polar surface area (TPSA) is 65.6 Å². The predicted molar refractivity (Wildman–Crippen MR) is 187 cm³/mol. The molecule has 0 radical (unpaired) electrons. The van der Waals surface area contributed by atoms with Gasteiger partial charge in [-0.2, -0.15) is 0 Å². The largest absolute Gasteiger partial charge is 0.463 e. The average Bonchev–Trinajstić information content (AvgIpc) is 3.51. The number of hydrogen-bond donors (Lipinski definition) is 0. The summed E-state index contributed by atoms with van der Waals surface area (Å²) >= 11 is 13.8. The highest BCUT2D eigenvalue weighted by atomic mass is 35.5. The van der Waals surface area contributed by atoms with Crippen molar-refractivity contribution in [2.45, 2.75) is 46.6 Å². The fourth-order valence-corrected chi connectivity index (χ4v) is 7.20. The summed E-state index contributed by atoms with van der Waals surface area (Å²) in [5.74, 6) is -0.165. The normalized spacial score (nSPS) is 14.9. The van der Waals surface area contributed by atoms with Gasteiger partial charge in [-0.15, -0.1) is 0 Å². The highest BCUT2D eigenvalue weighted by Crippen LogP contribution is 2.36. The standard InChI is InChI=1S/C37H33Cl2N3O3S/c1-6-45-36(44)32-33(25-10-8-7-9-11-25)40-37-42(34(32)26-14-12-24(13-15-26)21(2)3)35(43)31(46-37)19-27-18-22(4)41(23(27)5)28-16-17-29(38)30(39)20-28/h7-21,34H,6H2,1-5H3/b31-19-/t34-/m0/s1. The minimum absolute atomic E-state index is 0.197. The van der Waals surface area contributed by atoms with E-state index in [9.17, 15) is 9.59 Å². The first-order valence-electron chi connectivity index (χ1n) is 15.1. The van der Waals surface area contributed by atoms with E-state index in [-0.39, 0.29) is 12.2 Å². The summed E-state index contributed by atoms with van der Waals surface area (Å²) in [5, 5.41) is 0.953. The van der Waals surface area contributed by atoms with Crippen molar-refractivity contribution in [2.75, 3.05) is 6.61 Å². The number of thiazole rings is 1. The molecule has 3 aromatic carbocycles. The summed E-state index contributed by atoms with van der Waals surface area (Å²) in [6.07, 6.45) is 1.90. The summed E-state index contributed by atoms with van der Waals surface area (Å²) in [4.78, 5) is 33.6. The van der Waals surface area contributed by atoms with Crippen LogP contribution in [0.4, 0.5) is 0 Å². The molecule has 0 saturated carbocycles. The molecule has 1 aliphatic rings. The van der Waals surface area contributed by atoms with Crippen LogP contribution in [-0.2, 0) is 9.53 Å². The van der Waals surface area contributed by atoms with Gasteiger partial charge in [0.2, 0.25) is 0 Å². The molecule has 5 aromatic rings. The predicted octanol–water partition coefficient (Wildman–Crippen LogP) is 7.77. The van der Waals surface area contributed by atoms with Crippen LogP contribution >= 0.6 is 34.5 Å². The molecule has 1 aliphatic heterocycles. The second-order valence-electron chi connectivity index (χ2n) is 11.5. The maximum absolute atomic E-state index is 14.4. The molecule has 9 heteroatoms. The molecule has 0 N–H and O–H groups in total.